The number of aryl methyl sites for hydroxylation is 1. The average Bonchev–Trinajstić information content (AvgIpc) is 3.31. The standard InChI is InChI=1S/C30H34N4O4/c1-33(23-12-6-4-7-13-23)29(35)21-34-25-15-10-9-14-24(25)32-28(34)16-8-5-11-19-31-30(36)22-17-18-26(37-2)27(20-22)38-3/h4,6-7,9-10,12-15,17-18,20H,5,8,11,16,19,21H2,1-3H3,(H,31,36). The van der Waals surface area contributed by atoms with E-state index in [0.717, 1.165) is 48.2 Å². The van der Waals surface area contributed by atoms with Crippen LogP contribution in [0.25, 0.3) is 11.0 Å². The number of methoxy groups -OCH3 is 2. The van der Waals surface area contributed by atoms with Crippen LogP contribution in [0.4, 0.5) is 5.69 Å². The van der Waals surface area contributed by atoms with Gasteiger partial charge < -0.3 is 24.3 Å². The highest BCUT2D eigenvalue weighted by molar-refractivity contribution is 5.95. The van der Waals surface area contributed by atoms with Gasteiger partial charge in [0, 0.05) is 31.3 Å². The van der Waals surface area contributed by atoms with E-state index in [1.54, 1.807) is 44.4 Å². The number of ether oxygens (including phenoxy) is 2. The Bertz CT molecular complexity index is 1380. The van der Waals surface area contributed by atoms with Gasteiger partial charge in [-0.15, -0.1) is 0 Å². The van der Waals surface area contributed by atoms with Crippen molar-refractivity contribution < 1.29 is 19.1 Å². The van der Waals surface area contributed by atoms with Crippen LogP contribution < -0.4 is 19.7 Å². The lowest BCUT2D eigenvalue weighted by Gasteiger charge is -2.18. The van der Waals surface area contributed by atoms with Crippen LogP contribution >= 0.6 is 0 Å². The molecule has 0 unspecified atom stereocenters. The van der Waals surface area contributed by atoms with Gasteiger partial charge in [-0.2, -0.15) is 0 Å². The first-order valence-corrected chi connectivity index (χ1v) is 12.8. The van der Waals surface area contributed by atoms with E-state index in [-0.39, 0.29) is 18.4 Å². The molecule has 0 aliphatic heterocycles. The Kier molecular flexibility index (Phi) is 8.98. The van der Waals surface area contributed by atoms with Gasteiger partial charge >= 0.3 is 0 Å². The molecule has 0 radical (unpaired) electrons. The predicted octanol–water partition coefficient (Wildman–Crippen LogP) is 4.86. The molecular formula is C30H34N4O4. The number of likely N-dealkylation sites (N-methyl/N-ethyl adjacent to an activating group) is 1. The predicted molar refractivity (Wildman–Crippen MR) is 149 cm³/mol. The van der Waals surface area contributed by atoms with Crippen LogP contribution in [0.15, 0.2) is 72.8 Å². The summed E-state index contributed by atoms with van der Waals surface area (Å²) >= 11 is 0. The smallest absolute Gasteiger partial charge is 0.251 e. The zero-order valence-electron chi connectivity index (χ0n) is 22.1. The lowest BCUT2D eigenvalue weighted by atomic mass is 10.1. The molecular weight excluding hydrogens is 480 g/mol. The maximum atomic E-state index is 13.1. The van der Waals surface area contributed by atoms with Gasteiger partial charge in [-0.25, -0.2) is 4.98 Å². The number of imidazole rings is 1. The second-order valence-electron chi connectivity index (χ2n) is 9.03. The minimum Gasteiger partial charge on any atom is -0.493 e. The Labute approximate surface area is 223 Å². The molecule has 0 saturated heterocycles. The van der Waals surface area contributed by atoms with E-state index >= 15 is 0 Å². The molecule has 4 aromatic rings. The van der Waals surface area contributed by atoms with E-state index in [1.807, 2.05) is 59.2 Å². The number of nitrogens with zero attached hydrogens (tertiary/aromatic N) is 3. The molecule has 2 amide bonds. The maximum absolute atomic E-state index is 13.1. The van der Waals surface area contributed by atoms with Gasteiger partial charge in [-0.05, 0) is 55.3 Å². The number of nitrogens with one attached hydrogen (secondary N) is 1. The number of anilines is 1. The van der Waals surface area contributed by atoms with Crippen molar-refractivity contribution >= 4 is 28.5 Å². The minimum absolute atomic E-state index is 0.00141. The van der Waals surface area contributed by atoms with Gasteiger partial charge in [0.2, 0.25) is 5.91 Å². The fourth-order valence-corrected chi connectivity index (χ4v) is 4.40. The number of hydrogen-bond acceptors (Lipinski definition) is 5. The number of para-hydroxylation sites is 3. The number of carbonyl (C=O) groups excluding carboxylic acids is 2. The van der Waals surface area contributed by atoms with E-state index in [4.69, 9.17) is 14.5 Å². The number of benzene rings is 3. The van der Waals surface area contributed by atoms with Crippen molar-refractivity contribution in [2.24, 2.45) is 0 Å². The molecule has 0 aliphatic carbocycles. The molecule has 4 rings (SSSR count). The second-order valence-corrected chi connectivity index (χ2v) is 9.03. The van der Waals surface area contributed by atoms with Crippen LogP contribution in [-0.4, -0.2) is 49.2 Å². The van der Waals surface area contributed by atoms with Crippen LogP contribution in [0, 0.1) is 0 Å². The van der Waals surface area contributed by atoms with E-state index < -0.39 is 0 Å². The average molecular weight is 515 g/mol. The Morgan fingerprint density at radius 2 is 1.63 bits per heavy atom. The number of carbonyl (C=O) groups is 2. The van der Waals surface area contributed by atoms with Crippen molar-refractivity contribution in [3.05, 3.63) is 84.2 Å². The summed E-state index contributed by atoms with van der Waals surface area (Å²) in [4.78, 5) is 32.1. The summed E-state index contributed by atoms with van der Waals surface area (Å²) in [6, 6.07) is 22.7. The first-order valence-electron chi connectivity index (χ1n) is 12.8. The molecule has 1 heterocycles. The SMILES string of the molecule is COc1ccc(C(=O)NCCCCCc2nc3ccccc3n2CC(=O)N(C)c2ccccc2)cc1OC. The molecule has 8 heteroatoms. The molecule has 38 heavy (non-hydrogen) atoms. The fraction of sp³-hybridized carbons (Fsp3) is 0.300. The molecule has 3 aromatic carbocycles. The molecule has 8 nitrogen and oxygen atoms in total. The topological polar surface area (TPSA) is 85.7 Å². The van der Waals surface area contributed by atoms with Crippen molar-refractivity contribution in [2.45, 2.75) is 32.2 Å². The van der Waals surface area contributed by atoms with E-state index in [1.165, 1.54) is 0 Å². The largest absolute Gasteiger partial charge is 0.493 e. The lowest BCUT2D eigenvalue weighted by molar-refractivity contribution is -0.118. The highest BCUT2D eigenvalue weighted by Gasteiger charge is 2.17. The highest BCUT2D eigenvalue weighted by atomic mass is 16.5. The van der Waals surface area contributed by atoms with Crippen molar-refractivity contribution in [1.82, 2.24) is 14.9 Å². The molecule has 0 bridgehead atoms. The first kappa shape index (κ1) is 26.7. The fourth-order valence-electron chi connectivity index (χ4n) is 4.40. The molecule has 198 valence electrons. The quantitative estimate of drug-likeness (QED) is 0.273. The number of unbranched alkanes of at least 4 members (excludes halogenated alkanes) is 2. The maximum Gasteiger partial charge on any atom is 0.251 e. The first-order chi connectivity index (χ1) is 18.5. The summed E-state index contributed by atoms with van der Waals surface area (Å²) in [5, 5.41) is 2.97. The molecule has 1 aromatic heterocycles. The van der Waals surface area contributed by atoms with Gasteiger partial charge in [-0.3, -0.25) is 9.59 Å². The third kappa shape index (κ3) is 6.32. The van der Waals surface area contributed by atoms with Crippen molar-refractivity contribution in [2.75, 3.05) is 32.7 Å². The molecule has 1 N–H and O–H groups in total. The summed E-state index contributed by atoms with van der Waals surface area (Å²) in [7, 11) is 4.91. The Balaban J connectivity index is 1.31. The monoisotopic (exact) mass is 514 g/mol. The van der Waals surface area contributed by atoms with E-state index in [0.29, 0.717) is 23.6 Å². The van der Waals surface area contributed by atoms with Crippen molar-refractivity contribution in [3.8, 4) is 11.5 Å². The van der Waals surface area contributed by atoms with Crippen LogP contribution in [-0.2, 0) is 17.8 Å². The summed E-state index contributed by atoms with van der Waals surface area (Å²) in [5.41, 5.74) is 3.24. The summed E-state index contributed by atoms with van der Waals surface area (Å²) in [6.07, 6.45) is 3.42. The van der Waals surface area contributed by atoms with Crippen LogP contribution in [0.2, 0.25) is 0 Å². The van der Waals surface area contributed by atoms with Gasteiger partial charge in [0.15, 0.2) is 11.5 Å². The minimum atomic E-state index is -0.145. The zero-order chi connectivity index (χ0) is 26.9. The number of rotatable bonds is 12. The van der Waals surface area contributed by atoms with Crippen LogP contribution in [0.5, 0.6) is 11.5 Å². The van der Waals surface area contributed by atoms with Crippen LogP contribution in [0.3, 0.4) is 0 Å². The summed E-state index contributed by atoms with van der Waals surface area (Å²) < 4.78 is 12.5. The Morgan fingerprint density at radius 3 is 2.39 bits per heavy atom. The molecule has 0 aliphatic rings. The normalized spacial score (nSPS) is 10.8. The number of amides is 2. The van der Waals surface area contributed by atoms with E-state index in [2.05, 4.69) is 5.32 Å². The summed E-state index contributed by atoms with van der Waals surface area (Å²) in [6.45, 7) is 0.798. The number of fused-ring (bicyclic) bond motifs is 1. The Morgan fingerprint density at radius 1 is 0.895 bits per heavy atom. The van der Waals surface area contributed by atoms with Gasteiger partial charge in [0.25, 0.3) is 5.91 Å². The van der Waals surface area contributed by atoms with Gasteiger partial charge in [0.1, 0.15) is 12.4 Å². The van der Waals surface area contributed by atoms with E-state index in [9.17, 15) is 9.59 Å². The van der Waals surface area contributed by atoms with Gasteiger partial charge in [0.05, 0.1) is 25.3 Å². The second kappa shape index (κ2) is 12.8. The summed E-state index contributed by atoms with van der Waals surface area (Å²) in [5.74, 6) is 1.86. The third-order valence-corrected chi connectivity index (χ3v) is 6.55. The molecule has 0 atom stereocenters. The number of hydrogen-bond donors (Lipinski definition) is 1. The number of aromatic nitrogens is 2. The molecule has 0 spiro atoms. The van der Waals surface area contributed by atoms with Gasteiger partial charge in [-0.1, -0.05) is 36.8 Å². The lowest BCUT2D eigenvalue weighted by Crippen LogP contribution is -2.30. The molecule has 0 fully saturated rings. The molecule has 0 saturated carbocycles. The highest BCUT2D eigenvalue weighted by Crippen LogP contribution is 2.27. The van der Waals surface area contributed by atoms with Crippen molar-refractivity contribution in [1.29, 1.82) is 0 Å². The zero-order valence-corrected chi connectivity index (χ0v) is 22.1. The van der Waals surface area contributed by atoms with Crippen molar-refractivity contribution in [3.63, 3.8) is 0 Å². The van der Waals surface area contributed by atoms with Crippen LogP contribution in [0.1, 0.15) is 35.4 Å². The Hall–Kier alpha value is -4.33. The third-order valence-electron chi connectivity index (χ3n) is 6.55.